The first-order valence-electron chi connectivity index (χ1n) is 20.5. The van der Waals surface area contributed by atoms with Gasteiger partial charge in [0.05, 0.1) is 24.9 Å². The monoisotopic (exact) mass is 733 g/mol. The second-order valence-electron chi connectivity index (χ2n) is 14.4. The van der Waals surface area contributed by atoms with Crippen molar-refractivity contribution in [3.63, 3.8) is 0 Å². The van der Waals surface area contributed by atoms with Crippen molar-refractivity contribution in [3.05, 3.63) is 60.8 Å². The van der Waals surface area contributed by atoms with Crippen molar-refractivity contribution in [2.45, 2.75) is 186 Å². The summed E-state index contributed by atoms with van der Waals surface area (Å²) < 4.78 is 10.4. The molecular formula is C44H76O8. The zero-order valence-corrected chi connectivity index (χ0v) is 33.1. The van der Waals surface area contributed by atoms with Gasteiger partial charge < -0.3 is 29.9 Å². The Balaban J connectivity index is 3.86. The van der Waals surface area contributed by atoms with Crippen LogP contribution in [-0.4, -0.2) is 70.0 Å². The quantitative estimate of drug-likeness (QED) is 0.0219. The third-order valence-corrected chi connectivity index (χ3v) is 8.85. The summed E-state index contributed by atoms with van der Waals surface area (Å²) in [5, 5.41) is 39.7. The van der Waals surface area contributed by atoms with E-state index in [1.165, 1.54) is 89.5 Å². The summed E-state index contributed by atoms with van der Waals surface area (Å²) in [7, 11) is 0. The molecule has 0 aliphatic carbocycles. The van der Waals surface area contributed by atoms with E-state index in [-0.39, 0.29) is 25.9 Å². The topological polar surface area (TPSA) is 134 Å². The summed E-state index contributed by atoms with van der Waals surface area (Å²) in [6, 6.07) is 0. The molecule has 0 saturated heterocycles. The predicted molar refractivity (Wildman–Crippen MR) is 214 cm³/mol. The zero-order valence-electron chi connectivity index (χ0n) is 33.1. The maximum absolute atomic E-state index is 12.2. The lowest BCUT2D eigenvalue weighted by molar-refractivity contribution is -0.161. The number of hydrogen-bond acceptors (Lipinski definition) is 8. The summed E-state index contributed by atoms with van der Waals surface area (Å²) in [4.78, 5) is 24.3. The van der Waals surface area contributed by atoms with Crippen LogP contribution in [0.15, 0.2) is 60.8 Å². The molecule has 0 aliphatic heterocycles. The van der Waals surface area contributed by atoms with E-state index in [1.807, 2.05) is 19.1 Å². The molecule has 0 amide bonds. The largest absolute Gasteiger partial charge is 0.462 e. The van der Waals surface area contributed by atoms with Crippen molar-refractivity contribution < 1.29 is 39.5 Å². The minimum atomic E-state index is -1.09. The lowest BCUT2D eigenvalue weighted by Gasteiger charge is -2.16. The minimum Gasteiger partial charge on any atom is -0.462 e. The van der Waals surface area contributed by atoms with Crippen molar-refractivity contribution in [2.24, 2.45) is 5.92 Å². The molecule has 0 aliphatic rings. The van der Waals surface area contributed by atoms with Crippen LogP contribution in [0.5, 0.6) is 0 Å². The number of carbonyl (C=O) groups is 2. The van der Waals surface area contributed by atoms with E-state index in [0.29, 0.717) is 12.8 Å². The number of carbonyl (C=O) groups excluding carboxylic acids is 2. The van der Waals surface area contributed by atoms with Gasteiger partial charge in [0.15, 0.2) is 6.10 Å². The maximum Gasteiger partial charge on any atom is 0.306 e. The van der Waals surface area contributed by atoms with Crippen molar-refractivity contribution in [1.82, 2.24) is 0 Å². The fourth-order valence-corrected chi connectivity index (χ4v) is 5.61. The maximum atomic E-state index is 12.2. The van der Waals surface area contributed by atoms with Crippen molar-refractivity contribution >= 4 is 11.9 Å². The molecule has 52 heavy (non-hydrogen) atoms. The standard InChI is InChI=1S/C44H76O8/c1-4-5-23-30-39(46)31-25-20-17-18-21-26-32-41(47)42(48)33-28-35-43(49)51-37-40(36-45)52-44(50)34-27-22-16-14-12-10-8-6-7-9-11-13-15-19-24-29-38(2)3/h5,17-18,20-21,23,25-26,31-32,38-42,45-48H,4,6-16,19,22,24,27-30,33-37H2,1-3H3/b20-17+,21-18-,23-5-,31-25+,32-26-/t39-,40+,41+,42+/m1/s1. The molecule has 0 unspecified atom stereocenters. The Kier molecular flexibility index (Phi) is 35.0. The fourth-order valence-electron chi connectivity index (χ4n) is 5.61. The van der Waals surface area contributed by atoms with E-state index in [9.17, 15) is 30.0 Å². The second-order valence-corrected chi connectivity index (χ2v) is 14.4. The van der Waals surface area contributed by atoms with Gasteiger partial charge in [-0.3, -0.25) is 9.59 Å². The number of esters is 2. The first-order valence-corrected chi connectivity index (χ1v) is 20.5. The van der Waals surface area contributed by atoms with Gasteiger partial charge in [-0.2, -0.15) is 0 Å². The molecule has 0 spiro atoms. The van der Waals surface area contributed by atoms with E-state index in [0.717, 1.165) is 31.6 Å². The molecule has 4 N–H and O–H groups in total. The number of unbranched alkanes of at least 4 members (excludes halogenated alkanes) is 14. The van der Waals surface area contributed by atoms with Gasteiger partial charge in [0, 0.05) is 12.8 Å². The number of allylic oxidation sites excluding steroid dienone is 7. The highest BCUT2D eigenvalue weighted by Crippen LogP contribution is 2.15. The van der Waals surface area contributed by atoms with Crippen LogP contribution in [0.2, 0.25) is 0 Å². The van der Waals surface area contributed by atoms with Gasteiger partial charge in [-0.05, 0) is 38.0 Å². The Morgan fingerprint density at radius 2 is 1.10 bits per heavy atom. The summed E-state index contributed by atoms with van der Waals surface area (Å²) >= 11 is 0. The third-order valence-electron chi connectivity index (χ3n) is 8.85. The molecule has 8 nitrogen and oxygen atoms in total. The fraction of sp³-hybridized carbons (Fsp3) is 0.727. The van der Waals surface area contributed by atoms with Crippen LogP contribution < -0.4 is 0 Å². The molecule has 0 aromatic carbocycles. The van der Waals surface area contributed by atoms with Gasteiger partial charge in [-0.1, -0.05) is 178 Å². The van der Waals surface area contributed by atoms with Crippen molar-refractivity contribution in [2.75, 3.05) is 13.2 Å². The van der Waals surface area contributed by atoms with Crippen LogP contribution in [0.1, 0.15) is 162 Å². The zero-order chi connectivity index (χ0) is 38.5. The van der Waals surface area contributed by atoms with Gasteiger partial charge in [0.25, 0.3) is 0 Å². The van der Waals surface area contributed by atoms with Gasteiger partial charge in [-0.15, -0.1) is 0 Å². The van der Waals surface area contributed by atoms with Gasteiger partial charge in [0.1, 0.15) is 6.61 Å². The molecule has 8 heteroatoms. The van der Waals surface area contributed by atoms with E-state index in [1.54, 1.807) is 42.5 Å². The van der Waals surface area contributed by atoms with Gasteiger partial charge in [-0.25, -0.2) is 0 Å². The highest BCUT2D eigenvalue weighted by Gasteiger charge is 2.17. The van der Waals surface area contributed by atoms with E-state index in [2.05, 4.69) is 13.8 Å². The average Bonchev–Trinajstić information content (AvgIpc) is 3.12. The van der Waals surface area contributed by atoms with Crippen LogP contribution in [0, 0.1) is 5.92 Å². The number of ether oxygens (including phenoxy) is 2. The molecule has 0 fully saturated rings. The predicted octanol–water partition coefficient (Wildman–Crippen LogP) is 9.56. The molecule has 300 valence electrons. The van der Waals surface area contributed by atoms with Crippen LogP contribution in [-0.2, 0) is 19.1 Å². The lowest BCUT2D eigenvalue weighted by atomic mass is 10.0. The number of rotatable bonds is 35. The molecule has 0 rings (SSSR count). The normalized spacial score (nSPS) is 14.8. The third kappa shape index (κ3) is 34.6. The van der Waals surface area contributed by atoms with E-state index >= 15 is 0 Å². The Morgan fingerprint density at radius 1 is 0.596 bits per heavy atom. The molecule has 0 aromatic heterocycles. The highest BCUT2D eigenvalue weighted by molar-refractivity contribution is 5.70. The van der Waals surface area contributed by atoms with Gasteiger partial charge >= 0.3 is 11.9 Å². The van der Waals surface area contributed by atoms with Crippen molar-refractivity contribution in [1.29, 1.82) is 0 Å². The molecule has 0 bridgehead atoms. The first-order chi connectivity index (χ1) is 25.2. The van der Waals surface area contributed by atoms with E-state index in [4.69, 9.17) is 9.47 Å². The van der Waals surface area contributed by atoms with Crippen LogP contribution in [0.4, 0.5) is 0 Å². The molecular weight excluding hydrogens is 656 g/mol. The first kappa shape index (κ1) is 49.5. The SMILES string of the molecule is CC/C=C\C[C@@H](O)/C=C/C=C/C=C\C=C/[C@H](O)[C@@H](O)CCCC(=O)OC[C@H](CO)OC(=O)CCCCCCCCCCCCCCCCCC(C)C. The summed E-state index contributed by atoms with van der Waals surface area (Å²) in [5.41, 5.74) is 0. The Morgan fingerprint density at radius 3 is 1.63 bits per heavy atom. The van der Waals surface area contributed by atoms with Crippen LogP contribution >= 0.6 is 0 Å². The highest BCUT2D eigenvalue weighted by atomic mass is 16.6. The summed E-state index contributed by atoms with van der Waals surface area (Å²) in [5.74, 6) is -0.0864. The smallest absolute Gasteiger partial charge is 0.306 e. The number of aliphatic hydroxyl groups excluding tert-OH is 4. The van der Waals surface area contributed by atoms with Gasteiger partial charge in [0.2, 0.25) is 0 Å². The average molecular weight is 733 g/mol. The number of aliphatic hydroxyl groups is 4. The van der Waals surface area contributed by atoms with Crippen molar-refractivity contribution in [3.8, 4) is 0 Å². The van der Waals surface area contributed by atoms with Crippen LogP contribution in [0.25, 0.3) is 0 Å². The lowest BCUT2D eigenvalue weighted by Crippen LogP contribution is -2.28. The Hall–Kier alpha value is -2.52. The molecule has 0 radical (unpaired) electrons. The Labute approximate surface area is 317 Å². The molecule has 0 aromatic rings. The van der Waals surface area contributed by atoms with E-state index < -0.39 is 43.0 Å². The minimum absolute atomic E-state index is 0.0279. The molecule has 0 saturated carbocycles. The second kappa shape index (κ2) is 36.8. The molecule has 0 heterocycles. The summed E-state index contributed by atoms with van der Waals surface area (Å²) in [6.45, 7) is 6.00. The van der Waals surface area contributed by atoms with Crippen LogP contribution in [0.3, 0.4) is 0 Å². The molecule has 4 atom stereocenters. The number of hydrogen-bond donors (Lipinski definition) is 4. The summed E-state index contributed by atoms with van der Waals surface area (Å²) in [6.07, 6.45) is 36.6. The Bertz CT molecular complexity index is 983.